The summed E-state index contributed by atoms with van der Waals surface area (Å²) in [6.07, 6.45) is 0.970. The number of nitro benzene ring substituents is 1. The van der Waals surface area contributed by atoms with Gasteiger partial charge in [-0.1, -0.05) is 48.9 Å². The molecule has 2 aromatic rings. The predicted octanol–water partition coefficient (Wildman–Crippen LogP) is 4.14. The number of hydrogen-bond donors (Lipinski definition) is 1. The number of hydrogen-bond acceptors (Lipinski definition) is 3. The van der Waals surface area contributed by atoms with Gasteiger partial charge >= 0.3 is 0 Å². The van der Waals surface area contributed by atoms with Crippen molar-refractivity contribution in [2.24, 2.45) is 0 Å². The summed E-state index contributed by atoms with van der Waals surface area (Å²) in [5.41, 5.74) is 3.55. The van der Waals surface area contributed by atoms with E-state index in [1.165, 1.54) is 17.2 Å². The summed E-state index contributed by atoms with van der Waals surface area (Å²) in [5, 5.41) is 14.3. The van der Waals surface area contributed by atoms with E-state index in [2.05, 4.69) is 43.4 Å². The average molecular weight is 284 g/mol. The first-order chi connectivity index (χ1) is 10.1. The van der Waals surface area contributed by atoms with Crippen LogP contribution in [-0.2, 0) is 6.54 Å². The maximum atomic E-state index is 10.8. The van der Waals surface area contributed by atoms with Crippen molar-refractivity contribution in [1.29, 1.82) is 0 Å². The fraction of sp³-hybridized carbons (Fsp3) is 0.294. The highest BCUT2D eigenvalue weighted by Gasteiger charge is 2.10. The van der Waals surface area contributed by atoms with Crippen LogP contribution in [0.25, 0.3) is 0 Å². The lowest BCUT2D eigenvalue weighted by Gasteiger charge is -2.17. The molecule has 2 aromatic carbocycles. The molecular formula is C17H20N2O2. The second kappa shape index (κ2) is 6.99. The molecule has 1 atom stereocenters. The van der Waals surface area contributed by atoms with Gasteiger partial charge in [0, 0.05) is 24.7 Å². The fourth-order valence-electron chi connectivity index (χ4n) is 2.32. The van der Waals surface area contributed by atoms with Crippen LogP contribution in [-0.4, -0.2) is 4.92 Å². The van der Waals surface area contributed by atoms with Crippen LogP contribution in [0.15, 0.2) is 48.5 Å². The zero-order chi connectivity index (χ0) is 15.2. The normalized spacial score (nSPS) is 12.1. The standard InChI is InChI=1S/C17H20N2O2/c1-3-17(15-9-7-13(2)8-10-15)18-12-14-5-4-6-16(11-14)19(20)21/h4-11,17-18H,3,12H2,1-2H3. The van der Waals surface area contributed by atoms with Gasteiger partial charge in [-0.15, -0.1) is 0 Å². The first kappa shape index (κ1) is 15.2. The van der Waals surface area contributed by atoms with E-state index in [1.807, 2.05) is 6.07 Å². The number of nitrogens with zero attached hydrogens (tertiary/aromatic N) is 1. The smallest absolute Gasteiger partial charge is 0.269 e. The van der Waals surface area contributed by atoms with Crippen molar-refractivity contribution >= 4 is 5.69 Å². The van der Waals surface area contributed by atoms with Gasteiger partial charge in [0.05, 0.1) is 4.92 Å². The summed E-state index contributed by atoms with van der Waals surface area (Å²) >= 11 is 0. The maximum absolute atomic E-state index is 10.8. The van der Waals surface area contributed by atoms with E-state index < -0.39 is 0 Å². The molecular weight excluding hydrogens is 264 g/mol. The number of non-ortho nitro benzene ring substituents is 1. The van der Waals surface area contributed by atoms with E-state index in [1.54, 1.807) is 12.1 Å². The number of nitrogens with one attached hydrogen (secondary N) is 1. The third-order valence-corrected chi connectivity index (χ3v) is 3.56. The van der Waals surface area contributed by atoms with Gasteiger partial charge in [0.1, 0.15) is 0 Å². The van der Waals surface area contributed by atoms with Gasteiger partial charge in [-0.2, -0.15) is 0 Å². The maximum Gasteiger partial charge on any atom is 0.269 e. The second-order valence-electron chi connectivity index (χ2n) is 5.18. The Morgan fingerprint density at radius 1 is 1.19 bits per heavy atom. The summed E-state index contributed by atoms with van der Waals surface area (Å²) in [5.74, 6) is 0. The van der Waals surface area contributed by atoms with E-state index in [0.29, 0.717) is 6.54 Å². The first-order valence-electron chi connectivity index (χ1n) is 7.13. The first-order valence-corrected chi connectivity index (χ1v) is 7.13. The van der Waals surface area contributed by atoms with Gasteiger partial charge in [-0.25, -0.2) is 0 Å². The average Bonchev–Trinajstić information content (AvgIpc) is 2.50. The van der Waals surface area contributed by atoms with E-state index in [0.717, 1.165) is 12.0 Å². The molecule has 0 saturated carbocycles. The molecule has 0 aromatic heterocycles. The van der Waals surface area contributed by atoms with Gasteiger partial charge in [-0.05, 0) is 24.5 Å². The third-order valence-electron chi connectivity index (χ3n) is 3.56. The van der Waals surface area contributed by atoms with Crippen molar-refractivity contribution in [3.63, 3.8) is 0 Å². The Balaban J connectivity index is 2.04. The highest BCUT2D eigenvalue weighted by molar-refractivity contribution is 5.34. The lowest BCUT2D eigenvalue weighted by molar-refractivity contribution is -0.384. The van der Waals surface area contributed by atoms with Crippen LogP contribution in [0.4, 0.5) is 5.69 Å². The van der Waals surface area contributed by atoms with Crippen LogP contribution < -0.4 is 5.32 Å². The molecule has 0 heterocycles. The molecule has 21 heavy (non-hydrogen) atoms. The van der Waals surface area contributed by atoms with Crippen LogP contribution in [0.5, 0.6) is 0 Å². The molecule has 0 amide bonds. The lowest BCUT2D eigenvalue weighted by atomic mass is 10.0. The number of nitro groups is 1. The largest absolute Gasteiger partial charge is 0.306 e. The molecule has 110 valence electrons. The third kappa shape index (κ3) is 4.13. The minimum absolute atomic E-state index is 0.137. The quantitative estimate of drug-likeness (QED) is 0.640. The van der Waals surface area contributed by atoms with E-state index in [4.69, 9.17) is 0 Å². The van der Waals surface area contributed by atoms with Crippen molar-refractivity contribution in [1.82, 2.24) is 5.32 Å². The monoisotopic (exact) mass is 284 g/mol. The van der Waals surface area contributed by atoms with Crippen molar-refractivity contribution < 1.29 is 4.92 Å². The summed E-state index contributed by atoms with van der Waals surface area (Å²) in [4.78, 5) is 10.4. The lowest BCUT2D eigenvalue weighted by Crippen LogP contribution is -2.20. The molecule has 4 heteroatoms. The van der Waals surface area contributed by atoms with E-state index >= 15 is 0 Å². The highest BCUT2D eigenvalue weighted by atomic mass is 16.6. The Morgan fingerprint density at radius 3 is 2.52 bits per heavy atom. The Kier molecular flexibility index (Phi) is 5.06. The molecule has 0 bridgehead atoms. The summed E-state index contributed by atoms with van der Waals surface area (Å²) in [7, 11) is 0. The molecule has 0 aliphatic rings. The van der Waals surface area contributed by atoms with Crippen molar-refractivity contribution in [3.8, 4) is 0 Å². The van der Waals surface area contributed by atoms with Crippen LogP contribution in [0.2, 0.25) is 0 Å². The zero-order valence-corrected chi connectivity index (χ0v) is 12.4. The van der Waals surface area contributed by atoms with Gasteiger partial charge < -0.3 is 5.32 Å². The predicted molar refractivity (Wildman–Crippen MR) is 84.1 cm³/mol. The van der Waals surface area contributed by atoms with Gasteiger partial charge in [-0.3, -0.25) is 10.1 Å². The van der Waals surface area contributed by atoms with Crippen molar-refractivity contribution in [2.75, 3.05) is 0 Å². The Labute approximate surface area is 125 Å². The van der Waals surface area contributed by atoms with Gasteiger partial charge in [0.25, 0.3) is 5.69 Å². The fourth-order valence-corrected chi connectivity index (χ4v) is 2.32. The number of rotatable bonds is 6. The molecule has 0 fully saturated rings. The SMILES string of the molecule is CCC(NCc1cccc([N+](=O)[O-])c1)c1ccc(C)cc1. The molecule has 4 nitrogen and oxygen atoms in total. The van der Waals surface area contributed by atoms with Crippen molar-refractivity contribution in [2.45, 2.75) is 32.9 Å². The molecule has 0 spiro atoms. The van der Waals surface area contributed by atoms with Gasteiger partial charge in [0.15, 0.2) is 0 Å². The van der Waals surface area contributed by atoms with Crippen LogP contribution in [0.3, 0.4) is 0 Å². The van der Waals surface area contributed by atoms with Crippen LogP contribution in [0, 0.1) is 17.0 Å². The van der Waals surface area contributed by atoms with Gasteiger partial charge in [0.2, 0.25) is 0 Å². The van der Waals surface area contributed by atoms with E-state index in [-0.39, 0.29) is 16.7 Å². The second-order valence-corrected chi connectivity index (χ2v) is 5.18. The van der Waals surface area contributed by atoms with Crippen molar-refractivity contribution in [3.05, 3.63) is 75.3 Å². The topological polar surface area (TPSA) is 55.2 Å². The minimum atomic E-state index is -0.360. The molecule has 1 N–H and O–H groups in total. The molecule has 0 saturated heterocycles. The molecule has 0 radical (unpaired) electrons. The Morgan fingerprint density at radius 2 is 1.90 bits per heavy atom. The highest BCUT2D eigenvalue weighted by Crippen LogP contribution is 2.19. The Bertz CT molecular complexity index is 608. The number of aryl methyl sites for hydroxylation is 1. The zero-order valence-electron chi connectivity index (χ0n) is 12.4. The molecule has 1 unspecified atom stereocenters. The summed E-state index contributed by atoms with van der Waals surface area (Å²) in [6, 6.07) is 15.5. The van der Waals surface area contributed by atoms with E-state index in [9.17, 15) is 10.1 Å². The molecule has 0 aliphatic carbocycles. The van der Waals surface area contributed by atoms with Crippen LogP contribution >= 0.6 is 0 Å². The summed E-state index contributed by atoms with van der Waals surface area (Å²) < 4.78 is 0. The Hall–Kier alpha value is -2.20. The molecule has 0 aliphatic heterocycles. The number of benzene rings is 2. The molecule has 2 rings (SSSR count). The summed E-state index contributed by atoms with van der Waals surface area (Å²) in [6.45, 7) is 4.82. The minimum Gasteiger partial charge on any atom is -0.306 e. The van der Waals surface area contributed by atoms with Crippen LogP contribution in [0.1, 0.15) is 36.1 Å².